The summed E-state index contributed by atoms with van der Waals surface area (Å²) in [6.07, 6.45) is 5.32. The lowest BCUT2D eigenvalue weighted by Gasteiger charge is -2.32. The van der Waals surface area contributed by atoms with Crippen LogP contribution in [0.4, 0.5) is 13.2 Å². The van der Waals surface area contributed by atoms with Gasteiger partial charge >= 0.3 is 0 Å². The molecule has 0 aliphatic carbocycles. The Balaban J connectivity index is 1.35. The van der Waals surface area contributed by atoms with Crippen LogP contribution in [0.15, 0.2) is 12.1 Å². The van der Waals surface area contributed by atoms with Crippen molar-refractivity contribution >= 4 is 0 Å². The molecule has 7 heteroatoms. The van der Waals surface area contributed by atoms with Crippen LogP contribution in [0.5, 0.6) is 0 Å². The third-order valence-electron chi connectivity index (χ3n) is 5.31. The van der Waals surface area contributed by atoms with E-state index >= 15 is 0 Å². The Bertz CT molecular complexity index is 589. The van der Waals surface area contributed by atoms with Crippen molar-refractivity contribution in [3.63, 3.8) is 0 Å². The molecule has 4 nitrogen and oxygen atoms in total. The molecule has 2 aliphatic rings. The van der Waals surface area contributed by atoms with E-state index in [1.54, 1.807) is 0 Å². The zero-order valence-electron chi connectivity index (χ0n) is 16.3. The highest BCUT2D eigenvalue weighted by Gasteiger charge is 2.28. The zero-order chi connectivity index (χ0) is 19.9. The summed E-state index contributed by atoms with van der Waals surface area (Å²) in [5.74, 6) is -3.34. The Hall–Kier alpha value is -1.15. The average Bonchev–Trinajstić information content (AvgIpc) is 2.71. The molecule has 2 aliphatic heterocycles. The van der Waals surface area contributed by atoms with Gasteiger partial charge in [0, 0.05) is 17.4 Å². The fraction of sp³-hybridized carbons (Fsp3) is 0.714. The molecule has 0 saturated carbocycles. The molecular weight excluding hydrogens is 373 g/mol. The minimum atomic E-state index is -1.49. The minimum Gasteiger partial charge on any atom is -0.352 e. The van der Waals surface area contributed by atoms with Crippen molar-refractivity contribution in [3.05, 3.63) is 35.1 Å². The number of rotatable bonds is 8. The van der Waals surface area contributed by atoms with Crippen molar-refractivity contribution in [1.82, 2.24) is 0 Å². The highest BCUT2D eigenvalue weighted by atomic mass is 19.2. The summed E-state index contributed by atoms with van der Waals surface area (Å²) in [6, 6.07) is 1.81. The fourth-order valence-electron chi connectivity index (χ4n) is 3.58. The van der Waals surface area contributed by atoms with Gasteiger partial charge < -0.3 is 18.9 Å². The van der Waals surface area contributed by atoms with Crippen molar-refractivity contribution in [2.24, 2.45) is 11.8 Å². The Morgan fingerprint density at radius 1 is 0.786 bits per heavy atom. The molecule has 2 saturated heterocycles. The van der Waals surface area contributed by atoms with E-state index in [2.05, 4.69) is 6.92 Å². The van der Waals surface area contributed by atoms with Crippen molar-refractivity contribution < 1.29 is 32.1 Å². The molecule has 0 unspecified atom stereocenters. The van der Waals surface area contributed by atoms with Gasteiger partial charge in [0.15, 0.2) is 30.0 Å². The maximum Gasteiger partial charge on any atom is 0.194 e. The summed E-state index contributed by atoms with van der Waals surface area (Å²) in [7, 11) is 0. The Labute approximate surface area is 164 Å². The van der Waals surface area contributed by atoms with Crippen molar-refractivity contribution in [1.29, 1.82) is 0 Å². The maximum absolute atomic E-state index is 13.4. The number of hydrogen-bond acceptors (Lipinski definition) is 4. The quantitative estimate of drug-likeness (QED) is 0.447. The van der Waals surface area contributed by atoms with Gasteiger partial charge in [-0.3, -0.25) is 0 Å². The van der Waals surface area contributed by atoms with Crippen LogP contribution in [0.25, 0.3) is 0 Å². The molecule has 1 aromatic carbocycles. The fourth-order valence-corrected chi connectivity index (χ4v) is 3.58. The number of hydrogen-bond donors (Lipinski definition) is 0. The number of ether oxygens (including phenoxy) is 4. The first-order chi connectivity index (χ1) is 13.6. The molecule has 0 N–H and O–H groups in total. The molecule has 0 bridgehead atoms. The van der Waals surface area contributed by atoms with Crippen molar-refractivity contribution in [2.75, 3.05) is 26.4 Å². The maximum atomic E-state index is 13.4. The van der Waals surface area contributed by atoms with Crippen LogP contribution >= 0.6 is 0 Å². The molecule has 0 amide bonds. The third kappa shape index (κ3) is 5.92. The number of unbranched alkanes of at least 4 members (excludes halogenated alkanes) is 2. The molecule has 2 fully saturated rings. The summed E-state index contributed by atoms with van der Waals surface area (Å²) in [6.45, 7) is 4.49. The van der Waals surface area contributed by atoms with Crippen LogP contribution in [0.3, 0.4) is 0 Å². The van der Waals surface area contributed by atoms with Crippen LogP contribution in [-0.4, -0.2) is 32.7 Å². The molecule has 2 heterocycles. The lowest BCUT2D eigenvalue weighted by molar-refractivity contribution is -0.220. The molecule has 3 rings (SSSR count). The van der Waals surface area contributed by atoms with E-state index in [-0.39, 0.29) is 17.8 Å². The van der Waals surface area contributed by atoms with Gasteiger partial charge in [0.2, 0.25) is 0 Å². The van der Waals surface area contributed by atoms with Gasteiger partial charge in [-0.25, -0.2) is 13.2 Å². The highest BCUT2D eigenvalue weighted by Crippen LogP contribution is 2.29. The molecule has 0 spiro atoms. The average molecular weight is 402 g/mol. The smallest absolute Gasteiger partial charge is 0.194 e. The second-order valence-corrected chi connectivity index (χ2v) is 7.70. The van der Waals surface area contributed by atoms with Crippen LogP contribution in [-0.2, 0) is 18.9 Å². The number of halogens is 3. The Kier molecular flexibility index (Phi) is 8.14. The first-order valence-electron chi connectivity index (χ1n) is 10.2. The van der Waals surface area contributed by atoms with E-state index in [9.17, 15) is 13.2 Å². The van der Waals surface area contributed by atoms with Crippen LogP contribution in [0, 0.1) is 29.3 Å². The van der Waals surface area contributed by atoms with Gasteiger partial charge in [0.05, 0.1) is 26.4 Å². The van der Waals surface area contributed by atoms with Crippen LogP contribution in [0.1, 0.15) is 57.3 Å². The van der Waals surface area contributed by atoms with Crippen molar-refractivity contribution in [2.45, 2.75) is 58.0 Å². The van der Waals surface area contributed by atoms with E-state index in [1.165, 1.54) is 19.3 Å². The van der Waals surface area contributed by atoms with E-state index in [1.807, 2.05) is 0 Å². The largest absolute Gasteiger partial charge is 0.352 e. The molecule has 0 radical (unpaired) electrons. The van der Waals surface area contributed by atoms with Gasteiger partial charge in [0.25, 0.3) is 0 Å². The number of benzene rings is 1. The van der Waals surface area contributed by atoms with Crippen LogP contribution in [0.2, 0.25) is 0 Å². The normalized spacial score (nSPS) is 28.4. The Morgan fingerprint density at radius 2 is 1.36 bits per heavy atom. The van der Waals surface area contributed by atoms with Gasteiger partial charge in [-0.05, 0) is 31.4 Å². The van der Waals surface area contributed by atoms with Crippen LogP contribution < -0.4 is 0 Å². The molecule has 158 valence electrons. The predicted molar refractivity (Wildman–Crippen MR) is 97.0 cm³/mol. The molecule has 0 atom stereocenters. The minimum absolute atomic E-state index is 0.142. The lowest BCUT2D eigenvalue weighted by Crippen LogP contribution is -2.33. The first kappa shape index (κ1) is 21.6. The standard InChI is InChI=1S/C21H29F3O4/c1-2-3-4-5-14-10-25-19(26-11-14)7-6-15-12-27-21(28-13-15)16-8-17(22)20(24)18(23)9-16/h8-9,14-15,19,21H,2-7,10-13H2,1H3. The van der Waals surface area contributed by atoms with Gasteiger partial charge in [-0.1, -0.05) is 26.2 Å². The van der Waals surface area contributed by atoms with E-state index < -0.39 is 23.7 Å². The topological polar surface area (TPSA) is 36.9 Å². The first-order valence-corrected chi connectivity index (χ1v) is 10.2. The predicted octanol–water partition coefficient (Wildman–Crippen LogP) is 5.12. The second kappa shape index (κ2) is 10.6. The molecule has 28 heavy (non-hydrogen) atoms. The lowest BCUT2D eigenvalue weighted by atomic mass is 10.0. The summed E-state index contributed by atoms with van der Waals surface area (Å²) in [4.78, 5) is 0. The summed E-state index contributed by atoms with van der Waals surface area (Å²) in [5, 5.41) is 0. The Morgan fingerprint density at radius 3 is 1.96 bits per heavy atom. The molecule has 0 aromatic heterocycles. The van der Waals surface area contributed by atoms with Gasteiger partial charge in [-0.2, -0.15) is 0 Å². The molecule has 1 aromatic rings. The summed E-state index contributed by atoms with van der Waals surface area (Å²) < 4.78 is 62.6. The summed E-state index contributed by atoms with van der Waals surface area (Å²) >= 11 is 0. The highest BCUT2D eigenvalue weighted by molar-refractivity contribution is 5.20. The van der Waals surface area contributed by atoms with E-state index in [0.717, 1.165) is 44.6 Å². The van der Waals surface area contributed by atoms with E-state index in [0.29, 0.717) is 19.1 Å². The molecular formula is C21H29F3O4. The van der Waals surface area contributed by atoms with E-state index in [4.69, 9.17) is 18.9 Å². The summed E-state index contributed by atoms with van der Waals surface area (Å²) in [5.41, 5.74) is 0.142. The third-order valence-corrected chi connectivity index (χ3v) is 5.31. The van der Waals surface area contributed by atoms with Crippen molar-refractivity contribution in [3.8, 4) is 0 Å². The second-order valence-electron chi connectivity index (χ2n) is 7.70. The monoisotopic (exact) mass is 402 g/mol. The van der Waals surface area contributed by atoms with Gasteiger partial charge in [0.1, 0.15) is 0 Å². The van der Waals surface area contributed by atoms with Gasteiger partial charge in [-0.15, -0.1) is 0 Å². The SMILES string of the molecule is CCCCCC1COC(CCC2COC(c3cc(F)c(F)c(F)c3)OC2)OC1. The zero-order valence-corrected chi connectivity index (χ0v) is 16.3.